The number of hydrogen-bond acceptors (Lipinski definition) is 0. The van der Waals surface area contributed by atoms with E-state index >= 15 is 0 Å². The van der Waals surface area contributed by atoms with Crippen molar-refractivity contribution in [3.05, 3.63) is 0 Å². The van der Waals surface area contributed by atoms with Gasteiger partial charge in [-0.05, 0) is 62.2 Å². The molecule has 0 rings (SSSR count). The lowest BCUT2D eigenvalue weighted by molar-refractivity contribution is 0.618. The average molecular weight is 459 g/mol. The van der Waals surface area contributed by atoms with Crippen LogP contribution in [0, 0.1) is 0 Å². The molecule has 0 aromatic rings. The second-order valence-corrected chi connectivity index (χ2v) is 15.4. The summed E-state index contributed by atoms with van der Waals surface area (Å²) in [7, 11) is 0.552. The lowest BCUT2D eigenvalue weighted by Crippen LogP contribution is -2.13. The third kappa shape index (κ3) is 17.4. The van der Waals surface area contributed by atoms with E-state index in [1.807, 2.05) is 0 Å². The van der Waals surface area contributed by atoms with Crippen LogP contribution in [0.15, 0.2) is 0 Å². The van der Waals surface area contributed by atoms with E-state index in [2.05, 4.69) is 34.6 Å². The van der Waals surface area contributed by atoms with Crippen LogP contribution in [0.4, 0.5) is 0 Å². The zero-order valence-corrected chi connectivity index (χ0v) is 23.8. The van der Waals surface area contributed by atoms with Gasteiger partial charge in [-0.25, -0.2) is 0 Å². The van der Waals surface area contributed by atoms with Crippen LogP contribution in [-0.4, -0.2) is 30.0 Å². The average Bonchev–Trinajstić information content (AvgIpc) is 2.75. The molecule has 30 heavy (non-hydrogen) atoms. The molecule has 0 atom stereocenters. The van der Waals surface area contributed by atoms with Gasteiger partial charge in [-0.3, -0.25) is 0 Å². The molecule has 0 nitrogen and oxygen atoms in total. The monoisotopic (exact) mass is 458 g/mol. The third-order valence-electron chi connectivity index (χ3n) is 6.60. The zero-order chi connectivity index (χ0) is 22.3. The fourth-order valence-corrected chi connectivity index (χ4v) is 13.1. The van der Waals surface area contributed by atoms with Gasteiger partial charge in [-0.1, -0.05) is 134 Å². The molecule has 0 heterocycles. The van der Waals surface area contributed by atoms with E-state index in [4.69, 9.17) is 0 Å². The fraction of sp³-hybridized carbons (Fsp3) is 1.00. The Labute approximate surface area is 196 Å². The van der Waals surface area contributed by atoms with E-state index in [-0.39, 0.29) is 15.8 Å². The molecule has 0 amide bonds. The molecule has 2 heteroatoms. The van der Waals surface area contributed by atoms with Gasteiger partial charge >= 0.3 is 0 Å². The topological polar surface area (TPSA) is 0 Å². The van der Waals surface area contributed by atoms with Crippen LogP contribution in [-0.2, 0) is 0 Å². The molecule has 0 unspecified atom stereocenters. The Morgan fingerprint density at radius 2 is 0.667 bits per heavy atom. The summed E-state index contributed by atoms with van der Waals surface area (Å²) in [6.45, 7) is 11.9. The van der Waals surface area contributed by atoms with E-state index in [9.17, 15) is 0 Å². The highest BCUT2D eigenvalue weighted by molar-refractivity contribution is 7.75. The van der Waals surface area contributed by atoms with Gasteiger partial charge in [-0.15, -0.1) is 0 Å². The summed E-state index contributed by atoms with van der Waals surface area (Å²) in [5, 5.41) is 1.15. The van der Waals surface area contributed by atoms with Crippen molar-refractivity contribution in [1.29, 1.82) is 0 Å². The van der Waals surface area contributed by atoms with Crippen molar-refractivity contribution in [1.82, 2.24) is 0 Å². The van der Waals surface area contributed by atoms with Crippen LogP contribution in [0.3, 0.4) is 0 Å². The van der Waals surface area contributed by atoms with Crippen molar-refractivity contribution in [3.8, 4) is 0 Å². The van der Waals surface area contributed by atoms with Crippen molar-refractivity contribution in [2.75, 3.05) is 24.6 Å². The summed E-state index contributed by atoms with van der Waals surface area (Å²) in [4.78, 5) is 0. The van der Waals surface area contributed by atoms with Crippen molar-refractivity contribution < 1.29 is 0 Å². The summed E-state index contributed by atoms with van der Waals surface area (Å²) < 4.78 is 0. The quantitative estimate of drug-likeness (QED) is 0.0996. The second kappa shape index (κ2) is 24.5. The first-order chi connectivity index (χ1) is 14.7. The maximum Gasteiger partial charge on any atom is -0.000583 e. The van der Waals surface area contributed by atoms with E-state index in [1.165, 1.54) is 109 Å². The predicted octanol–water partition coefficient (Wildman–Crippen LogP) is 11.4. The molecule has 0 saturated carbocycles. The van der Waals surface area contributed by atoms with Gasteiger partial charge in [0.1, 0.15) is 0 Å². The molecule has 0 saturated heterocycles. The van der Waals surface area contributed by atoms with Crippen LogP contribution in [0.25, 0.3) is 0 Å². The minimum atomic E-state index is 0.276. The van der Waals surface area contributed by atoms with E-state index in [0.717, 1.165) is 5.40 Å². The molecule has 0 aromatic heterocycles. The van der Waals surface area contributed by atoms with Crippen LogP contribution in [0.1, 0.15) is 150 Å². The van der Waals surface area contributed by atoms with Gasteiger partial charge in [0, 0.05) is 0 Å². The molecule has 0 radical (unpaired) electrons. The van der Waals surface area contributed by atoms with Crippen LogP contribution in [0.2, 0.25) is 0 Å². The highest BCUT2D eigenvalue weighted by atomic mass is 31.2. The first kappa shape index (κ1) is 30.9. The molecule has 0 aromatic carbocycles. The normalized spacial score (nSPS) is 12.0. The lowest BCUT2D eigenvalue weighted by Gasteiger charge is -2.36. The Morgan fingerprint density at radius 1 is 0.367 bits per heavy atom. The van der Waals surface area contributed by atoms with Crippen molar-refractivity contribution in [2.45, 2.75) is 156 Å². The molecular formula is C28H60P2. The standard InChI is InChI=1S/C28H60P2/c1-6-11-16-17-18-23-28(29(24-19-12-7-2)25-20-13-8-3)30(26-21-14-9-4)27-22-15-10-5/h28H,6-27H2,1-5H3. The third-order valence-corrected chi connectivity index (χ3v) is 14.3. The van der Waals surface area contributed by atoms with Gasteiger partial charge in [0.25, 0.3) is 0 Å². The minimum absolute atomic E-state index is 0.276. The summed E-state index contributed by atoms with van der Waals surface area (Å²) in [6.07, 6.45) is 32.9. The van der Waals surface area contributed by atoms with Gasteiger partial charge in [0.05, 0.1) is 0 Å². The number of hydrogen-bond donors (Lipinski definition) is 0. The lowest BCUT2D eigenvalue weighted by atomic mass is 10.1. The molecule has 0 aliphatic rings. The van der Waals surface area contributed by atoms with Crippen LogP contribution >= 0.6 is 15.8 Å². The smallest absolute Gasteiger partial charge is 0.000583 e. The maximum absolute atomic E-state index is 2.38. The van der Waals surface area contributed by atoms with Crippen molar-refractivity contribution in [2.24, 2.45) is 0 Å². The molecule has 182 valence electrons. The Balaban J connectivity index is 5.19. The summed E-state index contributed by atoms with van der Waals surface area (Å²) in [6, 6.07) is 0. The minimum Gasteiger partial charge on any atom is -0.0991 e. The first-order valence-corrected chi connectivity index (χ1v) is 17.8. The molecule has 0 bridgehead atoms. The van der Waals surface area contributed by atoms with Gasteiger partial charge < -0.3 is 0 Å². The molecule has 0 N–H and O–H groups in total. The Bertz CT molecular complexity index is 274. The van der Waals surface area contributed by atoms with Gasteiger partial charge in [-0.2, -0.15) is 0 Å². The Morgan fingerprint density at radius 3 is 1.00 bits per heavy atom. The fourth-order valence-electron chi connectivity index (χ4n) is 4.61. The van der Waals surface area contributed by atoms with Gasteiger partial charge in [0.2, 0.25) is 0 Å². The highest BCUT2D eigenvalue weighted by Gasteiger charge is 2.27. The zero-order valence-electron chi connectivity index (χ0n) is 22.0. The van der Waals surface area contributed by atoms with Crippen molar-refractivity contribution in [3.63, 3.8) is 0 Å². The molecule has 0 spiro atoms. The van der Waals surface area contributed by atoms with Crippen LogP contribution in [0.5, 0.6) is 0 Å². The second-order valence-electron chi connectivity index (χ2n) is 9.58. The summed E-state index contributed by atoms with van der Waals surface area (Å²) in [5.74, 6) is 0. The van der Waals surface area contributed by atoms with Gasteiger partial charge in [0.15, 0.2) is 0 Å². The molecular weight excluding hydrogens is 398 g/mol. The number of unbranched alkanes of at least 4 members (excludes halogenated alkanes) is 12. The SMILES string of the molecule is CCCCCCCC(P(CCCCC)CCCCC)P(CCCCC)CCCCC. The Kier molecular flexibility index (Phi) is 25.2. The summed E-state index contributed by atoms with van der Waals surface area (Å²) >= 11 is 0. The largest absolute Gasteiger partial charge is 0.0991 e. The molecule has 0 aliphatic heterocycles. The highest BCUT2D eigenvalue weighted by Crippen LogP contribution is 2.61. The van der Waals surface area contributed by atoms with Crippen LogP contribution < -0.4 is 0 Å². The van der Waals surface area contributed by atoms with E-state index in [1.54, 1.807) is 31.1 Å². The Hall–Kier alpha value is 0.860. The number of rotatable bonds is 24. The van der Waals surface area contributed by atoms with E-state index < -0.39 is 0 Å². The van der Waals surface area contributed by atoms with E-state index in [0.29, 0.717) is 0 Å². The van der Waals surface area contributed by atoms with Crippen molar-refractivity contribution >= 4 is 15.8 Å². The summed E-state index contributed by atoms with van der Waals surface area (Å²) in [5.41, 5.74) is 0. The molecule has 0 fully saturated rings. The molecule has 0 aliphatic carbocycles. The first-order valence-electron chi connectivity index (χ1n) is 14.2. The predicted molar refractivity (Wildman–Crippen MR) is 149 cm³/mol. The maximum atomic E-state index is 2.38.